The molecule has 1 aliphatic rings. The van der Waals surface area contributed by atoms with Gasteiger partial charge in [0.2, 0.25) is 0 Å². The molecular weight excluding hydrogens is 176 g/mol. The minimum atomic E-state index is 0.815. The molecule has 1 fully saturated rings. The molecule has 1 aromatic rings. The molecule has 0 spiro atoms. The Hall–Kier alpha value is -1.09. The highest BCUT2D eigenvalue weighted by molar-refractivity contribution is 5.49. The standard InChI is InChI=1S/C11H16N2O/c1-9-3-4-12-11(10(9)2)13-5-7-14-8-6-13/h3-4H,5-8H2,1-2H3. The van der Waals surface area contributed by atoms with E-state index in [4.69, 9.17) is 4.74 Å². The second kappa shape index (κ2) is 3.96. The Morgan fingerprint density at radius 3 is 2.71 bits per heavy atom. The number of nitrogens with zero attached hydrogens (tertiary/aromatic N) is 2. The first kappa shape index (κ1) is 9.46. The van der Waals surface area contributed by atoms with Gasteiger partial charge in [0, 0.05) is 19.3 Å². The van der Waals surface area contributed by atoms with Crippen LogP contribution in [0.1, 0.15) is 11.1 Å². The summed E-state index contributed by atoms with van der Waals surface area (Å²) in [6.07, 6.45) is 1.88. The zero-order chi connectivity index (χ0) is 9.97. The minimum Gasteiger partial charge on any atom is -0.378 e. The second-order valence-electron chi connectivity index (χ2n) is 3.68. The molecule has 2 heterocycles. The van der Waals surface area contributed by atoms with Crippen LogP contribution in [0.4, 0.5) is 5.82 Å². The van der Waals surface area contributed by atoms with Crippen molar-refractivity contribution in [1.29, 1.82) is 0 Å². The van der Waals surface area contributed by atoms with Crippen LogP contribution in [0.3, 0.4) is 0 Å². The quantitative estimate of drug-likeness (QED) is 0.674. The SMILES string of the molecule is Cc1ccnc(N2CCOCC2)c1C. The van der Waals surface area contributed by atoms with E-state index in [2.05, 4.69) is 29.8 Å². The van der Waals surface area contributed by atoms with Gasteiger partial charge in [-0.3, -0.25) is 0 Å². The molecule has 0 unspecified atom stereocenters. The van der Waals surface area contributed by atoms with Crippen molar-refractivity contribution in [3.63, 3.8) is 0 Å². The highest BCUT2D eigenvalue weighted by atomic mass is 16.5. The van der Waals surface area contributed by atoms with Gasteiger partial charge in [-0.1, -0.05) is 0 Å². The maximum Gasteiger partial charge on any atom is 0.131 e. The number of morpholine rings is 1. The fraction of sp³-hybridized carbons (Fsp3) is 0.545. The van der Waals surface area contributed by atoms with Crippen molar-refractivity contribution in [3.8, 4) is 0 Å². The molecule has 14 heavy (non-hydrogen) atoms. The topological polar surface area (TPSA) is 25.4 Å². The summed E-state index contributed by atoms with van der Waals surface area (Å²) in [5, 5.41) is 0. The van der Waals surface area contributed by atoms with Crippen LogP contribution >= 0.6 is 0 Å². The first-order valence-corrected chi connectivity index (χ1v) is 5.04. The van der Waals surface area contributed by atoms with Crippen LogP contribution in [0.15, 0.2) is 12.3 Å². The number of hydrogen-bond acceptors (Lipinski definition) is 3. The number of pyridine rings is 1. The van der Waals surface area contributed by atoms with Gasteiger partial charge in [-0.15, -0.1) is 0 Å². The monoisotopic (exact) mass is 192 g/mol. The molecule has 0 atom stereocenters. The lowest BCUT2D eigenvalue weighted by atomic mass is 10.1. The molecule has 1 aromatic heterocycles. The normalized spacial score (nSPS) is 17.1. The summed E-state index contributed by atoms with van der Waals surface area (Å²) >= 11 is 0. The molecule has 0 N–H and O–H groups in total. The first-order valence-electron chi connectivity index (χ1n) is 5.04. The van der Waals surface area contributed by atoms with Crippen LogP contribution in [0, 0.1) is 13.8 Å². The highest BCUT2D eigenvalue weighted by Gasteiger charge is 2.14. The lowest BCUT2D eigenvalue weighted by Crippen LogP contribution is -2.37. The number of ether oxygens (including phenoxy) is 1. The molecule has 0 aliphatic carbocycles. The predicted molar refractivity (Wildman–Crippen MR) is 56.7 cm³/mol. The fourth-order valence-electron chi connectivity index (χ4n) is 1.71. The van der Waals surface area contributed by atoms with Crippen molar-refractivity contribution >= 4 is 5.82 Å². The van der Waals surface area contributed by atoms with E-state index in [0.29, 0.717) is 0 Å². The summed E-state index contributed by atoms with van der Waals surface area (Å²) in [5.41, 5.74) is 2.59. The van der Waals surface area contributed by atoms with Crippen LogP contribution in [-0.2, 0) is 4.74 Å². The van der Waals surface area contributed by atoms with E-state index < -0.39 is 0 Å². The third-order valence-electron chi connectivity index (χ3n) is 2.76. The van der Waals surface area contributed by atoms with Crippen LogP contribution in [0.5, 0.6) is 0 Å². The Balaban J connectivity index is 2.26. The summed E-state index contributed by atoms with van der Waals surface area (Å²) in [7, 11) is 0. The summed E-state index contributed by atoms with van der Waals surface area (Å²) in [6.45, 7) is 7.80. The van der Waals surface area contributed by atoms with E-state index in [1.54, 1.807) is 0 Å². The molecule has 1 aliphatic heterocycles. The van der Waals surface area contributed by atoms with Gasteiger partial charge in [-0.05, 0) is 31.0 Å². The molecule has 0 saturated carbocycles. The van der Waals surface area contributed by atoms with Gasteiger partial charge in [0.15, 0.2) is 0 Å². The summed E-state index contributed by atoms with van der Waals surface area (Å²) in [4.78, 5) is 6.73. The van der Waals surface area contributed by atoms with Crippen molar-refractivity contribution in [2.24, 2.45) is 0 Å². The van der Waals surface area contributed by atoms with Crippen molar-refractivity contribution in [2.45, 2.75) is 13.8 Å². The zero-order valence-corrected chi connectivity index (χ0v) is 8.79. The Morgan fingerprint density at radius 1 is 1.29 bits per heavy atom. The molecule has 2 rings (SSSR count). The number of rotatable bonds is 1. The van der Waals surface area contributed by atoms with Crippen LogP contribution < -0.4 is 4.90 Å². The number of hydrogen-bond donors (Lipinski definition) is 0. The molecule has 0 amide bonds. The van der Waals surface area contributed by atoms with Crippen LogP contribution in [0.2, 0.25) is 0 Å². The number of anilines is 1. The summed E-state index contributed by atoms with van der Waals surface area (Å²) in [5.74, 6) is 1.12. The van der Waals surface area contributed by atoms with Gasteiger partial charge in [0.1, 0.15) is 5.82 Å². The van der Waals surface area contributed by atoms with E-state index in [1.807, 2.05) is 6.20 Å². The van der Waals surface area contributed by atoms with Crippen molar-refractivity contribution < 1.29 is 4.74 Å². The van der Waals surface area contributed by atoms with E-state index in [0.717, 1.165) is 32.1 Å². The average molecular weight is 192 g/mol. The largest absolute Gasteiger partial charge is 0.378 e. The highest BCUT2D eigenvalue weighted by Crippen LogP contribution is 2.20. The summed E-state index contributed by atoms with van der Waals surface area (Å²) < 4.78 is 5.32. The summed E-state index contributed by atoms with van der Waals surface area (Å²) in [6, 6.07) is 2.05. The van der Waals surface area contributed by atoms with Gasteiger partial charge in [0.05, 0.1) is 13.2 Å². The Morgan fingerprint density at radius 2 is 2.00 bits per heavy atom. The van der Waals surface area contributed by atoms with Gasteiger partial charge < -0.3 is 9.64 Å². The third kappa shape index (κ3) is 1.73. The minimum absolute atomic E-state index is 0.815. The smallest absolute Gasteiger partial charge is 0.131 e. The number of aromatic nitrogens is 1. The maximum atomic E-state index is 5.32. The van der Waals surface area contributed by atoms with Gasteiger partial charge in [0.25, 0.3) is 0 Å². The molecule has 0 radical (unpaired) electrons. The fourth-order valence-corrected chi connectivity index (χ4v) is 1.71. The zero-order valence-electron chi connectivity index (χ0n) is 8.79. The van der Waals surface area contributed by atoms with Gasteiger partial charge in [-0.2, -0.15) is 0 Å². The van der Waals surface area contributed by atoms with E-state index in [9.17, 15) is 0 Å². The molecule has 76 valence electrons. The van der Waals surface area contributed by atoms with Crippen molar-refractivity contribution in [3.05, 3.63) is 23.4 Å². The third-order valence-corrected chi connectivity index (χ3v) is 2.76. The van der Waals surface area contributed by atoms with Crippen LogP contribution in [-0.4, -0.2) is 31.3 Å². The lowest BCUT2D eigenvalue weighted by Gasteiger charge is -2.29. The van der Waals surface area contributed by atoms with E-state index in [-0.39, 0.29) is 0 Å². The first-order chi connectivity index (χ1) is 6.79. The average Bonchev–Trinajstić information content (AvgIpc) is 2.23. The van der Waals surface area contributed by atoms with E-state index >= 15 is 0 Å². The van der Waals surface area contributed by atoms with Crippen molar-refractivity contribution in [1.82, 2.24) is 4.98 Å². The molecular formula is C11H16N2O. The van der Waals surface area contributed by atoms with E-state index in [1.165, 1.54) is 11.1 Å². The van der Waals surface area contributed by atoms with Crippen molar-refractivity contribution in [2.75, 3.05) is 31.2 Å². The predicted octanol–water partition coefficient (Wildman–Crippen LogP) is 1.54. The Labute approximate surface area is 84.7 Å². The molecule has 3 nitrogen and oxygen atoms in total. The number of aryl methyl sites for hydroxylation is 1. The Bertz CT molecular complexity index is 319. The lowest BCUT2D eigenvalue weighted by molar-refractivity contribution is 0.122. The Kier molecular flexibility index (Phi) is 2.68. The van der Waals surface area contributed by atoms with Gasteiger partial charge >= 0.3 is 0 Å². The molecule has 3 heteroatoms. The van der Waals surface area contributed by atoms with Gasteiger partial charge in [-0.25, -0.2) is 4.98 Å². The second-order valence-corrected chi connectivity index (χ2v) is 3.68. The molecule has 0 bridgehead atoms. The molecule has 0 aromatic carbocycles. The maximum absolute atomic E-state index is 5.32. The van der Waals surface area contributed by atoms with Crippen LogP contribution in [0.25, 0.3) is 0 Å². The molecule has 1 saturated heterocycles.